The predicted octanol–water partition coefficient (Wildman–Crippen LogP) is 5.53. The summed E-state index contributed by atoms with van der Waals surface area (Å²) in [6.45, 7) is 5.16. The fraction of sp³-hybridized carbons (Fsp3) is 1.00. The second-order valence-corrected chi connectivity index (χ2v) is 7.20. The SMILES string of the molecule is CCCCCCCCCCCCC(CCCl)C1CNCCO1. The molecule has 0 aliphatic carbocycles. The summed E-state index contributed by atoms with van der Waals surface area (Å²) >= 11 is 5.97. The van der Waals surface area contributed by atoms with Gasteiger partial charge in [0.15, 0.2) is 0 Å². The van der Waals surface area contributed by atoms with Gasteiger partial charge in [-0.25, -0.2) is 0 Å². The van der Waals surface area contributed by atoms with Crippen molar-refractivity contribution in [2.45, 2.75) is 90.1 Å². The number of ether oxygens (including phenoxy) is 1. The van der Waals surface area contributed by atoms with Crippen LogP contribution in [0.4, 0.5) is 0 Å². The normalized spacial score (nSPS) is 20.2. The summed E-state index contributed by atoms with van der Waals surface area (Å²) < 4.78 is 5.91. The van der Waals surface area contributed by atoms with Crippen molar-refractivity contribution in [3.05, 3.63) is 0 Å². The number of nitrogens with one attached hydrogen (secondary N) is 1. The zero-order chi connectivity index (χ0) is 15.9. The molecular formula is C19H38ClNO. The van der Waals surface area contributed by atoms with Crippen molar-refractivity contribution in [3.8, 4) is 0 Å². The Balaban J connectivity index is 1.96. The van der Waals surface area contributed by atoms with Crippen LogP contribution in [0.3, 0.4) is 0 Å². The second kappa shape index (κ2) is 14.8. The highest BCUT2D eigenvalue weighted by molar-refractivity contribution is 6.17. The molecule has 0 bridgehead atoms. The number of unbranched alkanes of at least 4 members (excludes halogenated alkanes) is 9. The lowest BCUT2D eigenvalue weighted by atomic mass is 9.91. The number of hydrogen-bond acceptors (Lipinski definition) is 2. The van der Waals surface area contributed by atoms with E-state index in [0.29, 0.717) is 12.0 Å². The van der Waals surface area contributed by atoms with E-state index >= 15 is 0 Å². The van der Waals surface area contributed by atoms with Crippen LogP contribution >= 0.6 is 11.6 Å². The van der Waals surface area contributed by atoms with Crippen LogP contribution in [-0.4, -0.2) is 31.7 Å². The van der Waals surface area contributed by atoms with Gasteiger partial charge >= 0.3 is 0 Å². The number of rotatable bonds is 14. The standard InChI is InChI=1S/C19H38ClNO/c1-2-3-4-5-6-7-8-9-10-11-12-18(13-14-20)19-17-21-15-16-22-19/h18-19,21H,2-17H2,1H3. The molecule has 0 spiro atoms. The molecule has 22 heavy (non-hydrogen) atoms. The molecule has 1 fully saturated rings. The summed E-state index contributed by atoms with van der Waals surface area (Å²) in [5.41, 5.74) is 0. The van der Waals surface area contributed by atoms with E-state index in [9.17, 15) is 0 Å². The summed E-state index contributed by atoms with van der Waals surface area (Å²) in [5.74, 6) is 1.42. The summed E-state index contributed by atoms with van der Waals surface area (Å²) in [6.07, 6.45) is 16.9. The van der Waals surface area contributed by atoms with Crippen molar-refractivity contribution in [1.82, 2.24) is 5.32 Å². The van der Waals surface area contributed by atoms with Gasteiger partial charge in [0.25, 0.3) is 0 Å². The van der Waals surface area contributed by atoms with Crippen molar-refractivity contribution in [1.29, 1.82) is 0 Å². The van der Waals surface area contributed by atoms with Gasteiger partial charge in [-0.2, -0.15) is 0 Å². The van der Waals surface area contributed by atoms with Gasteiger partial charge in [0.2, 0.25) is 0 Å². The average Bonchev–Trinajstić information content (AvgIpc) is 2.56. The third-order valence-electron chi connectivity index (χ3n) is 4.89. The molecule has 3 heteroatoms. The molecule has 0 aromatic heterocycles. The molecular weight excluding hydrogens is 294 g/mol. The maximum absolute atomic E-state index is 5.97. The third kappa shape index (κ3) is 10.1. The van der Waals surface area contributed by atoms with E-state index in [0.717, 1.165) is 32.0 Å². The van der Waals surface area contributed by atoms with Gasteiger partial charge < -0.3 is 10.1 Å². The Bertz CT molecular complexity index is 231. The second-order valence-electron chi connectivity index (χ2n) is 6.82. The molecule has 2 atom stereocenters. The van der Waals surface area contributed by atoms with Crippen LogP contribution in [0.1, 0.15) is 84.0 Å². The Kier molecular flexibility index (Phi) is 13.6. The third-order valence-corrected chi connectivity index (χ3v) is 5.11. The lowest BCUT2D eigenvalue weighted by Crippen LogP contribution is -2.42. The van der Waals surface area contributed by atoms with Crippen LogP contribution in [0.25, 0.3) is 0 Å². The minimum absolute atomic E-state index is 0.395. The molecule has 1 aliphatic heterocycles. The molecule has 1 aliphatic rings. The number of alkyl halides is 1. The topological polar surface area (TPSA) is 21.3 Å². The fourth-order valence-corrected chi connectivity index (χ4v) is 3.72. The first-order valence-electron chi connectivity index (χ1n) is 9.76. The molecule has 132 valence electrons. The molecule has 1 N–H and O–H groups in total. The van der Waals surface area contributed by atoms with Crippen LogP contribution < -0.4 is 5.32 Å². The lowest BCUT2D eigenvalue weighted by Gasteiger charge is -2.30. The van der Waals surface area contributed by atoms with Crippen molar-refractivity contribution >= 4 is 11.6 Å². The van der Waals surface area contributed by atoms with Gasteiger partial charge in [0.05, 0.1) is 12.7 Å². The van der Waals surface area contributed by atoms with Crippen LogP contribution in [-0.2, 0) is 4.74 Å². The fourth-order valence-electron chi connectivity index (χ4n) is 3.44. The number of halogens is 1. The monoisotopic (exact) mass is 331 g/mol. The summed E-state index contributed by atoms with van der Waals surface area (Å²) in [7, 11) is 0. The first-order valence-corrected chi connectivity index (χ1v) is 10.3. The first-order chi connectivity index (χ1) is 10.9. The van der Waals surface area contributed by atoms with Gasteiger partial charge in [-0.15, -0.1) is 11.6 Å². The predicted molar refractivity (Wildman–Crippen MR) is 97.9 cm³/mol. The van der Waals surface area contributed by atoms with Crippen molar-refractivity contribution < 1.29 is 4.74 Å². The van der Waals surface area contributed by atoms with Crippen molar-refractivity contribution in [2.24, 2.45) is 5.92 Å². The Morgan fingerprint density at radius 1 is 0.955 bits per heavy atom. The van der Waals surface area contributed by atoms with Gasteiger partial charge in [0, 0.05) is 19.0 Å². The first kappa shape index (κ1) is 20.3. The highest BCUT2D eigenvalue weighted by Gasteiger charge is 2.23. The van der Waals surface area contributed by atoms with Crippen molar-refractivity contribution in [3.63, 3.8) is 0 Å². The van der Waals surface area contributed by atoms with Gasteiger partial charge in [0.1, 0.15) is 0 Å². The quantitative estimate of drug-likeness (QED) is 0.334. The molecule has 2 unspecified atom stereocenters. The highest BCUT2D eigenvalue weighted by Crippen LogP contribution is 2.22. The van der Waals surface area contributed by atoms with E-state index in [-0.39, 0.29) is 0 Å². The molecule has 2 nitrogen and oxygen atoms in total. The van der Waals surface area contributed by atoms with Crippen LogP contribution in [0.5, 0.6) is 0 Å². The van der Waals surface area contributed by atoms with E-state index < -0.39 is 0 Å². The van der Waals surface area contributed by atoms with Crippen LogP contribution in [0.2, 0.25) is 0 Å². The van der Waals surface area contributed by atoms with E-state index in [4.69, 9.17) is 16.3 Å². The smallest absolute Gasteiger partial charge is 0.0728 e. The zero-order valence-electron chi connectivity index (χ0n) is 14.8. The number of hydrogen-bond donors (Lipinski definition) is 1. The molecule has 0 aromatic rings. The Morgan fingerprint density at radius 3 is 2.14 bits per heavy atom. The van der Waals surface area contributed by atoms with Crippen LogP contribution in [0, 0.1) is 5.92 Å². The van der Waals surface area contributed by atoms with E-state index in [1.165, 1.54) is 70.6 Å². The maximum atomic E-state index is 5.97. The van der Waals surface area contributed by atoms with E-state index in [2.05, 4.69) is 12.2 Å². The minimum Gasteiger partial charge on any atom is -0.375 e. The maximum Gasteiger partial charge on any atom is 0.0728 e. The highest BCUT2D eigenvalue weighted by atomic mass is 35.5. The molecule has 0 aromatic carbocycles. The van der Waals surface area contributed by atoms with E-state index in [1.807, 2.05) is 0 Å². The molecule has 0 amide bonds. The molecule has 1 heterocycles. The lowest BCUT2D eigenvalue weighted by molar-refractivity contribution is -0.0129. The average molecular weight is 332 g/mol. The van der Waals surface area contributed by atoms with Crippen molar-refractivity contribution in [2.75, 3.05) is 25.6 Å². The molecule has 1 saturated heterocycles. The van der Waals surface area contributed by atoms with E-state index in [1.54, 1.807) is 0 Å². The minimum atomic E-state index is 0.395. The van der Waals surface area contributed by atoms with Gasteiger partial charge in [-0.3, -0.25) is 0 Å². The Morgan fingerprint density at radius 2 is 1.59 bits per heavy atom. The molecule has 1 rings (SSSR count). The Hall–Kier alpha value is 0.210. The van der Waals surface area contributed by atoms with Gasteiger partial charge in [-0.05, 0) is 18.8 Å². The summed E-state index contributed by atoms with van der Waals surface area (Å²) in [6, 6.07) is 0. The largest absolute Gasteiger partial charge is 0.375 e. The molecule has 0 radical (unpaired) electrons. The number of morpholine rings is 1. The summed E-state index contributed by atoms with van der Waals surface area (Å²) in [5, 5.41) is 3.44. The summed E-state index contributed by atoms with van der Waals surface area (Å²) in [4.78, 5) is 0. The Labute approximate surface area is 143 Å². The zero-order valence-corrected chi connectivity index (χ0v) is 15.5. The van der Waals surface area contributed by atoms with Crippen LogP contribution in [0.15, 0.2) is 0 Å². The molecule has 0 saturated carbocycles. The van der Waals surface area contributed by atoms with Gasteiger partial charge in [-0.1, -0.05) is 71.1 Å².